The van der Waals surface area contributed by atoms with Gasteiger partial charge in [0.15, 0.2) is 0 Å². The lowest BCUT2D eigenvalue weighted by Gasteiger charge is -2.19. The summed E-state index contributed by atoms with van der Waals surface area (Å²) < 4.78 is 0. The number of nitrogens with two attached hydrogens (primary N) is 1. The number of carbonyl (C=O) groups is 1. The molecule has 3 N–H and O–H groups in total. The van der Waals surface area contributed by atoms with Gasteiger partial charge in [-0.1, -0.05) is 18.2 Å². The molecular weight excluding hydrogens is 254 g/mol. The second-order valence-corrected chi connectivity index (χ2v) is 5.59. The molecule has 1 aliphatic heterocycles. The highest BCUT2D eigenvalue weighted by molar-refractivity contribution is 5.99. The molecule has 20 heavy (non-hydrogen) atoms. The molecule has 104 valence electrons. The van der Waals surface area contributed by atoms with E-state index >= 15 is 0 Å². The van der Waals surface area contributed by atoms with E-state index in [-0.39, 0.29) is 5.91 Å². The van der Waals surface area contributed by atoms with Crippen molar-refractivity contribution in [1.29, 1.82) is 0 Å². The third kappa shape index (κ3) is 2.20. The van der Waals surface area contributed by atoms with Gasteiger partial charge in [-0.25, -0.2) is 4.98 Å². The summed E-state index contributed by atoms with van der Waals surface area (Å²) in [6.45, 7) is 2.61. The van der Waals surface area contributed by atoms with Crippen LogP contribution in [-0.2, 0) is 0 Å². The molecule has 0 bridgehead atoms. The third-order valence-corrected chi connectivity index (χ3v) is 3.71. The second kappa shape index (κ2) is 4.45. The van der Waals surface area contributed by atoms with Crippen LogP contribution in [0.2, 0.25) is 0 Å². The van der Waals surface area contributed by atoms with Crippen molar-refractivity contribution in [3.63, 3.8) is 0 Å². The SMILES string of the molecule is CC1(O)CCN(C(=O)c2cc(N)c3ccccc3n2)C1. The molecule has 1 aliphatic rings. The number of para-hydroxylation sites is 1. The Hall–Kier alpha value is -2.14. The molecule has 1 fully saturated rings. The molecule has 2 heterocycles. The van der Waals surface area contributed by atoms with Crippen LogP contribution in [0.25, 0.3) is 10.9 Å². The van der Waals surface area contributed by atoms with Gasteiger partial charge in [-0.05, 0) is 25.5 Å². The maximum absolute atomic E-state index is 12.4. The first-order chi connectivity index (χ1) is 9.46. The number of benzene rings is 1. The summed E-state index contributed by atoms with van der Waals surface area (Å²) in [7, 11) is 0. The van der Waals surface area contributed by atoms with Crippen LogP contribution < -0.4 is 5.73 Å². The molecule has 0 aliphatic carbocycles. The van der Waals surface area contributed by atoms with Gasteiger partial charge in [0.05, 0.1) is 11.1 Å². The van der Waals surface area contributed by atoms with E-state index in [1.807, 2.05) is 24.3 Å². The predicted molar refractivity (Wildman–Crippen MR) is 77.3 cm³/mol. The molecule has 1 aromatic heterocycles. The van der Waals surface area contributed by atoms with Crippen LogP contribution in [0.1, 0.15) is 23.8 Å². The van der Waals surface area contributed by atoms with Gasteiger partial charge in [-0.2, -0.15) is 0 Å². The lowest BCUT2D eigenvalue weighted by atomic mass is 10.1. The molecule has 0 saturated carbocycles. The minimum Gasteiger partial charge on any atom is -0.398 e. The van der Waals surface area contributed by atoms with Gasteiger partial charge < -0.3 is 15.7 Å². The van der Waals surface area contributed by atoms with Crippen LogP contribution in [-0.4, -0.2) is 39.6 Å². The number of amides is 1. The van der Waals surface area contributed by atoms with Crippen molar-refractivity contribution in [2.24, 2.45) is 0 Å². The zero-order valence-electron chi connectivity index (χ0n) is 11.3. The number of hydrogen-bond acceptors (Lipinski definition) is 4. The number of aromatic nitrogens is 1. The first-order valence-corrected chi connectivity index (χ1v) is 6.63. The smallest absolute Gasteiger partial charge is 0.272 e. The fourth-order valence-corrected chi connectivity index (χ4v) is 2.59. The lowest BCUT2D eigenvalue weighted by Crippen LogP contribution is -2.34. The van der Waals surface area contributed by atoms with E-state index in [0.717, 1.165) is 5.39 Å². The Morgan fingerprint density at radius 2 is 2.20 bits per heavy atom. The van der Waals surface area contributed by atoms with Crippen molar-refractivity contribution in [1.82, 2.24) is 9.88 Å². The van der Waals surface area contributed by atoms with E-state index in [0.29, 0.717) is 36.4 Å². The van der Waals surface area contributed by atoms with E-state index in [4.69, 9.17) is 5.73 Å². The zero-order chi connectivity index (χ0) is 14.3. The number of fused-ring (bicyclic) bond motifs is 1. The van der Waals surface area contributed by atoms with Crippen LogP contribution in [0.3, 0.4) is 0 Å². The van der Waals surface area contributed by atoms with Crippen molar-refractivity contribution in [3.8, 4) is 0 Å². The lowest BCUT2D eigenvalue weighted by molar-refractivity contribution is 0.0569. The van der Waals surface area contributed by atoms with E-state index in [9.17, 15) is 9.90 Å². The normalized spacial score (nSPS) is 22.4. The molecule has 5 nitrogen and oxygen atoms in total. The number of anilines is 1. The number of aliphatic hydroxyl groups is 1. The van der Waals surface area contributed by atoms with E-state index in [1.54, 1.807) is 17.9 Å². The van der Waals surface area contributed by atoms with Gasteiger partial charge >= 0.3 is 0 Å². The molecule has 1 atom stereocenters. The van der Waals surface area contributed by atoms with Crippen molar-refractivity contribution < 1.29 is 9.90 Å². The van der Waals surface area contributed by atoms with Gasteiger partial charge in [-0.3, -0.25) is 4.79 Å². The second-order valence-electron chi connectivity index (χ2n) is 5.59. The average molecular weight is 271 g/mol. The number of nitrogen functional groups attached to an aromatic ring is 1. The molecular formula is C15H17N3O2. The summed E-state index contributed by atoms with van der Waals surface area (Å²) >= 11 is 0. The van der Waals surface area contributed by atoms with Crippen molar-refractivity contribution in [2.75, 3.05) is 18.8 Å². The maximum Gasteiger partial charge on any atom is 0.272 e. The monoisotopic (exact) mass is 271 g/mol. The summed E-state index contributed by atoms with van der Waals surface area (Å²) in [4.78, 5) is 18.4. The summed E-state index contributed by atoms with van der Waals surface area (Å²) in [6, 6.07) is 9.08. The summed E-state index contributed by atoms with van der Waals surface area (Å²) in [5, 5.41) is 10.8. The van der Waals surface area contributed by atoms with Gasteiger partial charge in [0.2, 0.25) is 0 Å². The first kappa shape index (κ1) is 12.9. The number of carbonyl (C=O) groups excluding carboxylic acids is 1. The summed E-state index contributed by atoms with van der Waals surface area (Å²) in [5.74, 6) is -0.180. The maximum atomic E-state index is 12.4. The van der Waals surface area contributed by atoms with Gasteiger partial charge in [0.25, 0.3) is 5.91 Å². The molecule has 1 amide bonds. The molecule has 0 spiro atoms. The molecule has 5 heteroatoms. The Labute approximate surface area is 117 Å². The number of likely N-dealkylation sites (tertiary alicyclic amines) is 1. The number of pyridine rings is 1. The van der Waals surface area contributed by atoms with Gasteiger partial charge in [-0.15, -0.1) is 0 Å². The van der Waals surface area contributed by atoms with Crippen LogP contribution in [0, 0.1) is 0 Å². The molecule has 0 radical (unpaired) electrons. The highest BCUT2D eigenvalue weighted by Gasteiger charge is 2.34. The number of β-amino-alcohol motifs (C(OH)–C–C–N with tert-alkyl or cyclic N) is 1. The topological polar surface area (TPSA) is 79.5 Å². The minimum atomic E-state index is -0.807. The fourth-order valence-electron chi connectivity index (χ4n) is 2.59. The molecule has 1 aromatic carbocycles. The standard InChI is InChI=1S/C15H17N3O2/c1-15(20)6-7-18(9-15)14(19)13-8-11(16)10-4-2-3-5-12(10)17-13/h2-5,8,20H,6-7,9H2,1H3,(H2,16,17). The zero-order valence-corrected chi connectivity index (χ0v) is 11.3. The molecule has 1 saturated heterocycles. The van der Waals surface area contributed by atoms with Crippen LogP contribution in [0.5, 0.6) is 0 Å². The van der Waals surface area contributed by atoms with Crippen LogP contribution in [0.4, 0.5) is 5.69 Å². The Kier molecular flexibility index (Phi) is 2.87. The number of rotatable bonds is 1. The van der Waals surface area contributed by atoms with Crippen molar-refractivity contribution >= 4 is 22.5 Å². The molecule has 2 aromatic rings. The third-order valence-electron chi connectivity index (χ3n) is 3.71. The van der Waals surface area contributed by atoms with Crippen LogP contribution in [0.15, 0.2) is 30.3 Å². The van der Waals surface area contributed by atoms with Gasteiger partial charge in [0, 0.05) is 24.2 Å². The predicted octanol–water partition coefficient (Wildman–Crippen LogP) is 1.41. The molecule has 3 rings (SSSR count). The Balaban J connectivity index is 1.96. The van der Waals surface area contributed by atoms with E-state index in [1.165, 1.54) is 0 Å². The van der Waals surface area contributed by atoms with E-state index in [2.05, 4.69) is 4.98 Å². The largest absolute Gasteiger partial charge is 0.398 e. The molecule has 1 unspecified atom stereocenters. The average Bonchev–Trinajstić information content (AvgIpc) is 2.78. The van der Waals surface area contributed by atoms with E-state index < -0.39 is 5.60 Å². The minimum absolute atomic E-state index is 0.180. The van der Waals surface area contributed by atoms with Crippen LogP contribution >= 0.6 is 0 Å². The Bertz CT molecular complexity index is 682. The Morgan fingerprint density at radius 3 is 2.90 bits per heavy atom. The summed E-state index contributed by atoms with van der Waals surface area (Å²) in [5.41, 5.74) is 6.77. The highest BCUT2D eigenvalue weighted by atomic mass is 16.3. The number of hydrogen-bond donors (Lipinski definition) is 2. The Morgan fingerprint density at radius 1 is 1.45 bits per heavy atom. The summed E-state index contributed by atoms with van der Waals surface area (Å²) in [6.07, 6.45) is 0.585. The quantitative estimate of drug-likeness (QED) is 0.822. The number of nitrogens with zero attached hydrogens (tertiary/aromatic N) is 2. The van der Waals surface area contributed by atoms with Crippen molar-refractivity contribution in [3.05, 3.63) is 36.0 Å². The highest BCUT2D eigenvalue weighted by Crippen LogP contribution is 2.24. The van der Waals surface area contributed by atoms with Gasteiger partial charge in [0.1, 0.15) is 5.69 Å². The van der Waals surface area contributed by atoms with Crippen molar-refractivity contribution in [2.45, 2.75) is 18.9 Å². The fraction of sp³-hybridized carbons (Fsp3) is 0.333. The first-order valence-electron chi connectivity index (χ1n) is 6.63.